The number of anilines is 1. The van der Waals surface area contributed by atoms with Crippen molar-refractivity contribution in [2.45, 2.75) is 39.8 Å². The van der Waals surface area contributed by atoms with Gasteiger partial charge >= 0.3 is 0 Å². The molecule has 2 atom stereocenters. The number of carbonyl (C=O) groups excluding carboxylic acids is 1. The van der Waals surface area contributed by atoms with E-state index in [1.807, 2.05) is 32.9 Å². The first-order valence-electron chi connectivity index (χ1n) is 9.96. The van der Waals surface area contributed by atoms with Crippen LogP contribution in [0.2, 0.25) is 0 Å². The summed E-state index contributed by atoms with van der Waals surface area (Å²) in [6, 6.07) is 11.4. The number of benzene rings is 1. The topological polar surface area (TPSA) is 36.8 Å². The summed E-state index contributed by atoms with van der Waals surface area (Å²) in [6.45, 7) is 11.3. The predicted octanol–water partition coefficient (Wildman–Crippen LogP) is 2.88. The summed E-state index contributed by atoms with van der Waals surface area (Å²) in [6.07, 6.45) is 0. The summed E-state index contributed by atoms with van der Waals surface area (Å²) < 4.78 is 14.1. The lowest BCUT2D eigenvalue weighted by molar-refractivity contribution is -0.933. The van der Waals surface area contributed by atoms with Crippen LogP contribution in [0.15, 0.2) is 41.8 Å². The van der Waals surface area contributed by atoms with Crippen LogP contribution in [0.5, 0.6) is 0 Å². The Balaban J connectivity index is 1.72. The van der Waals surface area contributed by atoms with Crippen LogP contribution >= 0.6 is 11.3 Å². The molecule has 2 N–H and O–H groups in total. The molecule has 0 saturated carbocycles. The minimum atomic E-state index is -0.410. The Morgan fingerprint density at radius 2 is 1.86 bits per heavy atom. The number of para-hydroxylation sites is 1. The van der Waals surface area contributed by atoms with E-state index in [1.54, 1.807) is 17.4 Å². The van der Waals surface area contributed by atoms with Crippen LogP contribution in [0.4, 0.5) is 10.1 Å². The van der Waals surface area contributed by atoms with Gasteiger partial charge < -0.3 is 15.1 Å². The average Bonchev–Trinajstić information content (AvgIpc) is 3.16. The molecular formula is C22H31FN3OS+. The molecule has 4 nitrogen and oxygen atoms in total. The first-order chi connectivity index (χ1) is 13.3. The molecule has 1 aromatic carbocycles. The van der Waals surface area contributed by atoms with E-state index in [1.165, 1.54) is 15.8 Å². The van der Waals surface area contributed by atoms with Crippen LogP contribution in [0.3, 0.4) is 0 Å². The molecular weight excluding hydrogens is 373 g/mol. The molecule has 0 spiro atoms. The number of nitrogens with one attached hydrogen (secondary N) is 2. The molecule has 0 bridgehead atoms. The average molecular weight is 405 g/mol. The van der Waals surface area contributed by atoms with Crippen LogP contribution in [-0.2, 0) is 4.79 Å². The Kier molecular flexibility index (Phi) is 6.40. The molecule has 1 amide bonds. The number of piperazine rings is 1. The van der Waals surface area contributed by atoms with Crippen LogP contribution < -0.4 is 15.1 Å². The fourth-order valence-electron chi connectivity index (χ4n) is 3.83. The maximum absolute atomic E-state index is 14.1. The van der Waals surface area contributed by atoms with Crippen molar-refractivity contribution in [1.29, 1.82) is 0 Å². The minimum absolute atomic E-state index is 0.0281. The highest BCUT2D eigenvalue weighted by Crippen LogP contribution is 2.23. The van der Waals surface area contributed by atoms with E-state index in [9.17, 15) is 9.18 Å². The van der Waals surface area contributed by atoms with E-state index in [-0.39, 0.29) is 23.8 Å². The van der Waals surface area contributed by atoms with Gasteiger partial charge in [-0.1, -0.05) is 39.0 Å². The lowest BCUT2D eigenvalue weighted by atomic mass is 9.94. The van der Waals surface area contributed by atoms with Crippen molar-refractivity contribution in [2.75, 3.05) is 31.1 Å². The number of amides is 1. The predicted molar refractivity (Wildman–Crippen MR) is 113 cm³/mol. The summed E-state index contributed by atoms with van der Waals surface area (Å²) in [5.74, 6) is -0.0856. The fraction of sp³-hybridized carbons (Fsp3) is 0.500. The van der Waals surface area contributed by atoms with E-state index < -0.39 is 5.41 Å². The highest BCUT2D eigenvalue weighted by molar-refractivity contribution is 7.10. The second-order valence-electron chi connectivity index (χ2n) is 8.60. The number of halogens is 1. The number of quaternary nitrogens is 1. The Bertz CT molecular complexity index is 779. The molecule has 0 unspecified atom stereocenters. The van der Waals surface area contributed by atoms with Gasteiger partial charge in [0.15, 0.2) is 0 Å². The lowest BCUT2D eigenvalue weighted by Gasteiger charge is -2.39. The molecule has 1 aromatic heterocycles. The van der Waals surface area contributed by atoms with Gasteiger partial charge in [0, 0.05) is 5.41 Å². The zero-order valence-electron chi connectivity index (χ0n) is 17.2. The van der Waals surface area contributed by atoms with Gasteiger partial charge in [-0.15, -0.1) is 11.3 Å². The van der Waals surface area contributed by atoms with Gasteiger partial charge in [-0.2, -0.15) is 0 Å². The van der Waals surface area contributed by atoms with Gasteiger partial charge in [-0.25, -0.2) is 4.39 Å². The highest BCUT2D eigenvalue weighted by Gasteiger charge is 2.36. The molecule has 6 heteroatoms. The molecule has 1 aliphatic rings. The highest BCUT2D eigenvalue weighted by atomic mass is 32.1. The summed E-state index contributed by atoms with van der Waals surface area (Å²) in [7, 11) is 0. The number of rotatable bonds is 5. The second-order valence-corrected chi connectivity index (χ2v) is 9.58. The van der Waals surface area contributed by atoms with Crippen molar-refractivity contribution < 1.29 is 14.1 Å². The Labute approximate surface area is 171 Å². The zero-order valence-corrected chi connectivity index (χ0v) is 18.0. The fourth-order valence-corrected chi connectivity index (χ4v) is 4.82. The van der Waals surface area contributed by atoms with Gasteiger partial charge in [-0.05, 0) is 30.5 Å². The molecule has 0 radical (unpaired) electrons. The maximum Gasteiger partial charge on any atom is 0.225 e. The smallest absolute Gasteiger partial charge is 0.225 e. The summed E-state index contributed by atoms with van der Waals surface area (Å²) >= 11 is 1.74. The first-order valence-corrected chi connectivity index (χ1v) is 10.8. The molecule has 28 heavy (non-hydrogen) atoms. The number of carbonyl (C=O) groups is 1. The molecule has 1 fully saturated rings. The van der Waals surface area contributed by atoms with Crippen LogP contribution in [0.1, 0.15) is 38.6 Å². The standard InChI is InChI=1S/C22H30FN3OS/c1-16(24-21(27)22(2,3)4)20(19-10-7-15-28-19)26-13-11-25(12-14-26)18-9-6-5-8-17(18)23/h5-10,15-16,20H,11-14H2,1-4H3,(H,24,27)/p+1/t16-,20-/m1/s1. The number of hydrogen-bond donors (Lipinski definition) is 2. The minimum Gasteiger partial charge on any atom is -0.358 e. The molecule has 2 heterocycles. The normalized spacial score (nSPS) is 18.0. The third-order valence-electron chi connectivity index (χ3n) is 5.43. The second kappa shape index (κ2) is 8.62. The van der Waals surface area contributed by atoms with E-state index in [0.29, 0.717) is 5.69 Å². The van der Waals surface area contributed by atoms with Crippen LogP contribution in [0.25, 0.3) is 0 Å². The maximum atomic E-state index is 14.1. The van der Waals surface area contributed by atoms with Crippen molar-refractivity contribution in [2.24, 2.45) is 5.41 Å². The van der Waals surface area contributed by atoms with Crippen molar-refractivity contribution in [3.8, 4) is 0 Å². The zero-order chi connectivity index (χ0) is 20.3. The van der Waals surface area contributed by atoms with Gasteiger partial charge in [0.05, 0.1) is 42.8 Å². The van der Waals surface area contributed by atoms with E-state index in [0.717, 1.165) is 26.2 Å². The van der Waals surface area contributed by atoms with E-state index in [4.69, 9.17) is 0 Å². The molecule has 2 aromatic rings. The quantitative estimate of drug-likeness (QED) is 0.804. The van der Waals surface area contributed by atoms with Crippen molar-refractivity contribution in [3.05, 3.63) is 52.5 Å². The molecule has 152 valence electrons. The Morgan fingerprint density at radius 3 is 2.43 bits per heavy atom. The summed E-state index contributed by atoms with van der Waals surface area (Å²) in [4.78, 5) is 17.4. The third-order valence-corrected chi connectivity index (χ3v) is 6.38. The van der Waals surface area contributed by atoms with Gasteiger partial charge in [0.25, 0.3) is 0 Å². The summed E-state index contributed by atoms with van der Waals surface area (Å²) in [5.41, 5.74) is 0.274. The lowest BCUT2D eigenvalue weighted by Crippen LogP contribution is -3.16. The largest absolute Gasteiger partial charge is 0.358 e. The van der Waals surface area contributed by atoms with E-state index in [2.05, 4.69) is 34.7 Å². The third kappa shape index (κ3) is 4.73. The SMILES string of the molecule is C[C@@H](NC(=O)C(C)(C)C)[C@H](c1cccs1)[NH+]1CCN(c2ccccc2F)CC1. The first kappa shape index (κ1) is 20.8. The number of thiophene rings is 1. The number of nitrogens with zero attached hydrogens (tertiary/aromatic N) is 1. The van der Waals surface area contributed by atoms with Crippen molar-refractivity contribution in [1.82, 2.24) is 5.32 Å². The Hall–Kier alpha value is -1.92. The van der Waals surface area contributed by atoms with E-state index >= 15 is 0 Å². The molecule has 1 saturated heterocycles. The van der Waals surface area contributed by atoms with Crippen LogP contribution in [0, 0.1) is 11.2 Å². The van der Waals surface area contributed by atoms with Crippen molar-refractivity contribution in [3.63, 3.8) is 0 Å². The molecule has 3 rings (SSSR count). The monoisotopic (exact) mass is 404 g/mol. The van der Waals surface area contributed by atoms with Gasteiger partial charge in [0.2, 0.25) is 5.91 Å². The summed E-state index contributed by atoms with van der Waals surface area (Å²) in [5, 5.41) is 5.32. The number of hydrogen-bond acceptors (Lipinski definition) is 3. The molecule has 0 aliphatic carbocycles. The van der Waals surface area contributed by atoms with Crippen LogP contribution in [-0.4, -0.2) is 38.1 Å². The Morgan fingerprint density at radius 1 is 1.18 bits per heavy atom. The van der Waals surface area contributed by atoms with Gasteiger partial charge in [-0.3, -0.25) is 4.79 Å². The van der Waals surface area contributed by atoms with Gasteiger partial charge in [0.1, 0.15) is 11.9 Å². The molecule has 1 aliphatic heterocycles. The van der Waals surface area contributed by atoms with Crippen molar-refractivity contribution >= 4 is 22.9 Å².